The Labute approximate surface area is 75.0 Å². The van der Waals surface area contributed by atoms with Gasteiger partial charge in [0.05, 0.1) is 12.6 Å². The van der Waals surface area contributed by atoms with E-state index >= 15 is 0 Å². The predicted molar refractivity (Wildman–Crippen MR) is 35.8 cm³/mol. The van der Waals surface area contributed by atoms with Gasteiger partial charge in [0.25, 0.3) is 0 Å². The largest absolute Gasteiger partial charge is 1.00 e. The molecule has 0 aromatic rings. The molecule has 0 aromatic heterocycles. The van der Waals surface area contributed by atoms with E-state index in [0.717, 1.165) is 0 Å². The molecule has 12 heavy (non-hydrogen) atoms. The Morgan fingerprint density at radius 1 is 1.75 bits per heavy atom. The third-order valence-corrected chi connectivity index (χ3v) is 1.75. The summed E-state index contributed by atoms with van der Waals surface area (Å²) >= 11 is 0. The van der Waals surface area contributed by atoms with Crippen molar-refractivity contribution in [3.63, 3.8) is 0 Å². The molecule has 68 valence electrons. The monoisotopic (exact) mass is 192 g/mol. The molecule has 2 atom stereocenters. The van der Waals surface area contributed by atoms with E-state index < -0.39 is 12.0 Å². The summed E-state index contributed by atoms with van der Waals surface area (Å²) in [6.45, 7) is 0.584. The first-order valence-electron chi connectivity index (χ1n) is 3.34. The lowest BCUT2D eigenvalue weighted by Crippen LogP contribution is -3.00. The van der Waals surface area contributed by atoms with Crippen LogP contribution in [-0.4, -0.2) is 29.7 Å². The summed E-state index contributed by atoms with van der Waals surface area (Å²) in [5.41, 5.74) is 8.05. The molecule has 1 rings (SSSR count). The topological polar surface area (TPSA) is 103 Å². The van der Waals surface area contributed by atoms with E-state index in [-0.39, 0.29) is 18.4 Å². The van der Waals surface area contributed by atoms with Gasteiger partial charge in [0.1, 0.15) is 0 Å². The highest BCUT2D eigenvalue weighted by Gasteiger charge is 2.32. The Balaban J connectivity index is 0.00000121. The Morgan fingerprint density at radius 3 is 2.83 bits per heavy atom. The third-order valence-electron chi connectivity index (χ3n) is 1.75. The molecule has 1 heterocycles. The van der Waals surface area contributed by atoms with Crippen LogP contribution >= 0.6 is 0 Å². The van der Waals surface area contributed by atoms with Crippen LogP contribution in [0.4, 0.5) is 0 Å². The number of carboxylic acid groups (broad SMARTS) is 1. The van der Waals surface area contributed by atoms with Crippen molar-refractivity contribution < 1.29 is 27.6 Å². The molecule has 0 unspecified atom stereocenters. The molecule has 7 heteroatoms. The maximum Gasteiger partial charge on any atom is 0.362 e. The molecular formula is C5H9ClN4O2. The summed E-state index contributed by atoms with van der Waals surface area (Å²) in [6, 6.07) is -0.577. The summed E-state index contributed by atoms with van der Waals surface area (Å²) < 4.78 is 0. The number of hydrogen-bond acceptors (Lipinski definition) is 2. The first-order chi connectivity index (χ1) is 5.24. The Hall–Kier alpha value is -0.970. The average Bonchev–Trinajstić information content (AvgIpc) is 2.37. The van der Waals surface area contributed by atoms with Crippen LogP contribution in [-0.2, 0) is 4.79 Å². The average molecular weight is 193 g/mol. The minimum atomic E-state index is -0.833. The van der Waals surface area contributed by atoms with Crippen LogP contribution in [0.1, 0.15) is 6.42 Å². The van der Waals surface area contributed by atoms with E-state index in [2.05, 4.69) is 10.0 Å². The van der Waals surface area contributed by atoms with Gasteiger partial charge in [-0.3, -0.25) is 0 Å². The van der Waals surface area contributed by atoms with Crippen molar-refractivity contribution in [2.45, 2.75) is 18.5 Å². The van der Waals surface area contributed by atoms with Crippen molar-refractivity contribution >= 4 is 5.97 Å². The van der Waals surface area contributed by atoms with E-state index in [0.29, 0.717) is 13.0 Å². The number of carboxylic acids is 1. The smallest absolute Gasteiger partial charge is 0.362 e. The number of carbonyl (C=O) groups is 1. The lowest BCUT2D eigenvalue weighted by molar-refractivity contribution is -0.659. The highest BCUT2D eigenvalue weighted by molar-refractivity contribution is 5.71. The molecular weight excluding hydrogens is 184 g/mol. The van der Waals surface area contributed by atoms with Crippen LogP contribution in [0.25, 0.3) is 10.4 Å². The zero-order valence-electron chi connectivity index (χ0n) is 6.22. The van der Waals surface area contributed by atoms with Crippen molar-refractivity contribution in [1.29, 1.82) is 0 Å². The minimum absolute atomic E-state index is 0. The fraction of sp³-hybridized carbons (Fsp3) is 0.800. The Bertz CT molecular complexity index is 207. The predicted octanol–water partition coefficient (Wildman–Crippen LogP) is -3.91. The second kappa shape index (κ2) is 4.82. The van der Waals surface area contributed by atoms with Gasteiger partial charge < -0.3 is 22.8 Å². The second-order valence-corrected chi connectivity index (χ2v) is 2.51. The highest BCUT2D eigenvalue weighted by Crippen LogP contribution is 2.03. The normalized spacial score (nSPS) is 27.0. The van der Waals surface area contributed by atoms with E-state index in [1.54, 1.807) is 5.32 Å². The van der Waals surface area contributed by atoms with E-state index in [1.807, 2.05) is 0 Å². The Morgan fingerprint density at radius 2 is 2.42 bits per heavy atom. The van der Waals surface area contributed by atoms with Crippen LogP contribution in [0.3, 0.4) is 0 Å². The number of hydrogen-bond donors (Lipinski definition) is 2. The molecule has 1 aliphatic heterocycles. The molecule has 0 spiro atoms. The van der Waals surface area contributed by atoms with Crippen molar-refractivity contribution in [3.8, 4) is 0 Å². The van der Waals surface area contributed by atoms with Crippen LogP contribution in [0, 0.1) is 0 Å². The van der Waals surface area contributed by atoms with Gasteiger partial charge in [-0.25, -0.2) is 4.79 Å². The number of quaternary nitrogens is 1. The van der Waals surface area contributed by atoms with Crippen molar-refractivity contribution in [1.82, 2.24) is 0 Å². The van der Waals surface area contributed by atoms with Gasteiger partial charge >= 0.3 is 5.97 Å². The van der Waals surface area contributed by atoms with Gasteiger partial charge in [0, 0.05) is 11.3 Å². The van der Waals surface area contributed by atoms with Gasteiger partial charge in [-0.1, -0.05) is 5.11 Å². The second-order valence-electron chi connectivity index (χ2n) is 2.51. The van der Waals surface area contributed by atoms with E-state index in [1.165, 1.54) is 0 Å². The van der Waals surface area contributed by atoms with Gasteiger partial charge in [0.2, 0.25) is 0 Å². The lowest BCUT2D eigenvalue weighted by atomic mass is 10.2. The fourth-order valence-corrected chi connectivity index (χ4v) is 1.18. The molecule has 0 radical (unpaired) electrons. The van der Waals surface area contributed by atoms with Gasteiger partial charge in [-0.05, 0) is 5.53 Å². The van der Waals surface area contributed by atoms with Crippen molar-refractivity contribution in [3.05, 3.63) is 10.4 Å². The molecule has 6 nitrogen and oxygen atoms in total. The maximum atomic E-state index is 10.4. The SMILES string of the molecule is [Cl-].[N-]=[N+]=N[C@@H]1C[NH2+][C@H](C(=O)O)C1. The summed E-state index contributed by atoms with van der Waals surface area (Å²) in [7, 11) is 0. The molecule has 0 bridgehead atoms. The number of azide groups is 1. The van der Waals surface area contributed by atoms with Crippen molar-refractivity contribution in [2.75, 3.05) is 6.54 Å². The molecule has 0 amide bonds. The first kappa shape index (κ1) is 11.0. The summed E-state index contributed by atoms with van der Waals surface area (Å²) in [5, 5.41) is 13.7. The van der Waals surface area contributed by atoms with Gasteiger partial charge in [0.15, 0.2) is 6.04 Å². The molecule has 3 N–H and O–H groups in total. The number of aliphatic carboxylic acids is 1. The number of halogens is 1. The quantitative estimate of drug-likeness (QED) is 0.265. The molecule has 0 aliphatic carbocycles. The van der Waals surface area contributed by atoms with Gasteiger partial charge in [-0.15, -0.1) is 0 Å². The summed E-state index contributed by atoms with van der Waals surface area (Å²) in [5.74, 6) is -0.833. The van der Waals surface area contributed by atoms with Crippen molar-refractivity contribution in [2.24, 2.45) is 5.11 Å². The Kier molecular flexibility index (Phi) is 4.43. The van der Waals surface area contributed by atoms with E-state index in [4.69, 9.17) is 10.6 Å². The first-order valence-corrected chi connectivity index (χ1v) is 3.34. The maximum absolute atomic E-state index is 10.4. The fourth-order valence-electron chi connectivity index (χ4n) is 1.18. The molecule has 1 aliphatic rings. The summed E-state index contributed by atoms with van der Waals surface area (Å²) in [6.07, 6.45) is 0.444. The standard InChI is InChI=1S/C5H8N4O2.ClH/c6-9-8-3-1-4(5(10)11)7-2-3;/h3-4,7H,1-2H2,(H,10,11);1H/t3-,4-;/m0./s1. The molecule has 0 saturated carbocycles. The molecule has 0 aromatic carbocycles. The third kappa shape index (κ3) is 2.58. The van der Waals surface area contributed by atoms with E-state index in [9.17, 15) is 4.79 Å². The van der Waals surface area contributed by atoms with Crippen LogP contribution in [0.2, 0.25) is 0 Å². The van der Waals surface area contributed by atoms with Crippen LogP contribution in [0.5, 0.6) is 0 Å². The summed E-state index contributed by atoms with van der Waals surface area (Å²) in [4.78, 5) is 13.0. The lowest BCUT2D eigenvalue weighted by Gasteiger charge is -1.96. The zero-order chi connectivity index (χ0) is 8.27. The zero-order valence-corrected chi connectivity index (χ0v) is 6.98. The highest BCUT2D eigenvalue weighted by atomic mass is 35.5. The molecule has 1 fully saturated rings. The van der Waals surface area contributed by atoms with Gasteiger partial charge in [-0.2, -0.15) is 0 Å². The number of rotatable bonds is 2. The molecule has 1 saturated heterocycles. The van der Waals surface area contributed by atoms with Crippen LogP contribution < -0.4 is 17.7 Å². The minimum Gasteiger partial charge on any atom is -1.00 e. The number of nitrogens with two attached hydrogens (primary N) is 1. The number of nitrogens with zero attached hydrogens (tertiary/aromatic N) is 3. The van der Waals surface area contributed by atoms with Crippen LogP contribution in [0.15, 0.2) is 5.11 Å².